The first-order valence-electron chi connectivity index (χ1n) is 15.6. The molecule has 1 aromatic heterocycles. The molecule has 4 N–H and O–H groups in total. The van der Waals surface area contributed by atoms with Gasteiger partial charge in [-0.2, -0.15) is 0 Å². The van der Waals surface area contributed by atoms with E-state index in [0.717, 1.165) is 12.8 Å². The Morgan fingerprint density at radius 2 is 2.00 bits per heavy atom. The van der Waals surface area contributed by atoms with Crippen molar-refractivity contribution in [3.63, 3.8) is 0 Å². The molecule has 0 saturated heterocycles. The maximum absolute atomic E-state index is 11.1. The predicted octanol–water partition coefficient (Wildman–Crippen LogP) is 6.13. The first kappa shape index (κ1) is 26.8. The fourth-order valence-electron chi connectivity index (χ4n) is 11.2. The standard InChI is InChI=1S/C34H52N2O2/c1-21-13-29-33(4,31-30(21)32(31,2)3)27-8-6-7-24(20-37)26(27)17-34(29)11-9-22(16-34)14-25(28(38)19-35-5)15-23-10-12-36-18-23/h10,12-13,18,22,24-28,30-31,35-38H,1,6-9,11,14-17,19-20H2,2-5H3. The van der Waals surface area contributed by atoms with Gasteiger partial charge < -0.3 is 20.5 Å². The van der Waals surface area contributed by atoms with Crippen LogP contribution in [0.25, 0.3) is 0 Å². The van der Waals surface area contributed by atoms with Gasteiger partial charge in [0.25, 0.3) is 0 Å². The van der Waals surface area contributed by atoms with Gasteiger partial charge in [0, 0.05) is 25.5 Å². The molecule has 0 amide bonds. The molecule has 6 rings (SSSR count). The van der Waals surface area contributed by atoms with E-state index in [-0.39, 0.29) is 22.9 Å². The highest BCUT2D eigenvalue weighted by atomic mass is 16.3. The summed E-state index contributed by atoms with van der Waals surface area (Å²) in [6.07, 6.45) is 17.2. The van der Waals surface area contributed by atoms with Gasteiger partial charge in [0.05, 0.1) is 6.10 Å². The number of H-pyrrole nitrogens is 1. The summed E-state index contributed by atoms with van der Waals surface area (Å²) in [5, 5.41) is 24.8. The summed E-state index contributed by atoms with van der Waals surface area (Å²) < 4.78 is 0. The average molecular weight is 521 g/mol. The van der Waals surface area contributed by atoms with E-state index in [9.17, 15) is 10.2 Å². The summed E-state index contributed by atoms with van der Waals surface area (Å²) in [5.74, 6) is 4.04. The van der Waals surface area contributed by atoms with Gasteiger partial charge in [0.1, 0.15) is 0 Å². The highest BCUT2D eigenvalue weighted by molar-refractivity contribution is 5.48. The van der Waals surface area contributed by atoms with Gasteiger partial charge in [-0.25, -0.2) is 0 Å². The van der Waals surface area contributed by atoms with Crippen LogP contribution in [0.1, 0.15) is 77.7 Å². The lowest BCUT2D eigenvalue weighted by Crippen LogP contribution is -2.53. The van der Waals surface area contributed by atoms with Crippen LogP contribution in [-0.2, 0) is 6.42 Å². The smallest absolute Gasteiger partial charge is 0.0695 e. The highest BCUT2D eigenvalue weighted by Gasteiger charge is 2.74. The average Bonchev–Trinajstić information content (AvgIpc) is 3.23. The molecule has 4 saturated carbocycles. The summed E-state index contributed by atoms with van der Waals surface area (Å²) in [4.78, 5) is 3.20. The van der Waals surface area contributed by atoms with E-state index in [2.05, 4.69) is 56.0 Å². The molecule has 0 aromatic carbocycles. The molecule has 0 radical (unpaired) electrons. The third kappa shape index (κ3) is 4.03. The molecule has 38 heavy (non-hydrogen) atoms. The molecule has 0 bridgehead atoms. The number of aliphatic hydroxyl groups excluding tert-OH is 2. The molecular weight excluding hydrogens is 468 g/mol. The van der Waals surface area contributed by atoms with E-state index in [1.54, 1.807) is 5.57 Å². The normalized spacial score (nSPS) is 42.7. The van der Waals surface area contributed by atoms with Crippen molar-refractivity contribution < 1.29 is 10.2 Å². The SMILES string of the molecule is C=C1C=C2C3(CCC(CC(Cc4cc[nH]c4)C(O)CNC)C3)CC3C(CO)CCCC3C2(C)C2C1C2(C)C. The Morgan fingerprint density at radius 1 is 1.18 bits per heavy atom. The van der Waals surface area contributed by atoms with Gasteiger partial charge >= 0.3 is 0 Å². The lowest BCUT2D eigenvalue weighted by atomic mass is 9.43. The lowest BCUT2D eigenvalue weighted by Gasteiger charge is -2.61. The maximum Gasteiger partial charge on any atom is 0.0695 e. The number of rotatable bonds is 8. The number of nitrogens with one attached hydrogen (secondary N) is 2. The Labute approximate surface area is 230 Å². The first-order chi connectivity index (χ1) is 18.2. The minimum absolute atomic E-state index is 0.233. The van der Waals surface area contributed by atoms with Crippen molar-refractivity contribution in [2.45, 2.75) is 84.7 Å². The van der Waals surface area contributed by atoms with Crippen molar-refractivity contribution in [3.05, 3.63) is 47.8 Å². The van der Waals surface area contributed by atoms with E-state index in [4.69, 9.17) is 0 Å². The number of allylic oxidation sites excluding steroid dienone is 3. The van der Waals surface area contributed by atoms with E-state index < -0.39 is 0 Å². The molecule has 5 aliphatic carbocycles. The second-order valence-corrected chi connectivity index (χ2v) is 15.0. The van der Waals surface area contributed by atoms with Gasteiger partial charge in [0.15, 0.2) is 0 Å². The van der Waals surface area contributed by atoms with E-state index >= 15 is 0 Å². The number of aliphatic hydroxyl groups is 2. The van der Waals surface area contributed by atoms with Gasteiger partial charge in [-0.1, -0.05) is 51.0 Å². The van der Waals surface area contributed by atoms with Gasteiger partial charge in [0.2, 0.25) is 0 Å². The monoisotopic (exact) mass is 520 g/mol. The second-order valence-electron chi connectivity index (χ2n) is 15.0. The van der Waals surface area contributed by atoms with Crippen LogP contribution in [0.4, 0.5) is 0 Å². The Kier molecular flexibility index (Phi) is 6.80. The Hall–Kier alpha value is -1.36. The van der Waals surface area contributed by atoms with Crippen molar-refractivity contribution in [2.24, 2.45) is 57.7 Å². The molecular formula is C34H52N2O2. The number of aromatic nitrogens is 1. The van der Waals surface area contributed by atoms with Crippen molar-refractivity contribution in [3.8, 4) is 0 Å². The summed E-state index contributed by atoms with van der Waals surface area (Å²) in [6, 6.07) is 2.16. The van der Waals surface area contributed by atoms with Crippen LogP contribution in [0.15, 0.2) is 42.3 Å². The van der Waals surface area contributed by atoms with Crippen LogP contribution in [0, 0.1) is 57.7 Å². The zero-order valence-electron chi connectivity index (χ0n) is 24.3. The minimum atomic E-state index is -0.328. The summed E-state index contributed by atoms with van der Waals surface area (Å²) in [5.41, 5.74) is 5.24. The predicted molar refractivity (Wildman–Crippen MR) is 154 cm³/mol. The highest BCUT2D eigenvalue weighted by Crippen LogP contribution is 2.80. The molecule has 0 aliphatic heterocycles. The van der Waals surface area contributed by atoms with E-state index in [1.807, 2.05) is 13.2 Å². The largest absolute Gasteiger partial charge is 0.396 e. The molecule has 10 atom stereocenters. The zero-order chi connectivity index (χ0) is 26.9. The van der Waals surface area contributed by atoms with Crippen LogP contribution >= 0.6 is 0 Å². The van der Waals surface area contributed by atoms with Crippen LogP contribution in [0.3, 0.4) is 0 Å². The molecule has 5 aliphatic rings. The second kappa shape index (κ2) is 9.63. The number of likely N-dealkylation sites (N-methyl/N-ethyl adjacent to an activating group) is 1. The Morgan fingerprint density at radius 3 is 2.71 bits per heavy atom. The van der Waals surface area contributed by atoms with E-state index in [1.165, 1.54) is 56.1 Å². The van der Waals surface area contributed by atoms with Gasteiger partial charge in [-0.05, 0) is 128 Å². The number of fused-ring (bicyclic) bond motifs is 6. The molecule has 1 spiro atoms. The third-order valence-electron chi connectivity index (χ3n) is 12.7. The summed E-state index contributed by atoms with van der Waals surface area (Å²) >= 11 is 0. The fourth-order valence-corrected chi connectivity index (χ4v) is 11.2. The molecule has 1 aromatic rings. The molecule has 4 fully saturated rings. The first-order valence-corrected chi connectivity index (χ1v) is 15.6. The fraction of sp³-hybridized carbons (Fsp3) is 0.765. The Bertz CT molecular complexity index is 1060. The van der Waals surface area contributed by atoms with Crippen molar-refractivity contribution in [1.29, 1.82) is 0 Å². The lowest BCUT2D eigenvalue weighted by molar-refractivity contribution is -0.0542. The molecule has 1 heterocycles. The van der Waals surface area contributed by atoms with Crippen molar-refractivity contribution in [2.75, 3.05) is 20.2 Å². The molecule has 4 nitrogen and oxygen atoms in total. The van der Waals surface area contributed by atoms with Crippen molar-refractivity contribution in [1.82, 2.24) is 10.3 Å². The minimum Gasteiger partial charge on any atom is -0.396 e. The van der Waals surface area contributed by atoms with Crippen LogP contribution in [-0.4, -0.2) is 41.5 Å². The van der Waals surface area contributed by atoms with Crippen LogP contribution < -0.4 is 5.32 Å². The zero-order valence-corrected chi connectivity index (χ0v) is 24.3. The van der Waals surface area contributed by atoms with Crippen molar-refractivity contribution >= 4 is 0 Å². The summed E-state index contributed by atoms with van der Waals surface area (Å²) in [7, 11) is 1.94. The van der Waals surface area contributed by atoms with Crippen LogP contribution in [0.2, 0.25) is 0 Å². The number of hydrogen-bond donors (Lipinski definition) is 4. The number of aromatic amines is 1. The molecule has 10 unspecified atom stereocenters. The quantitative estimate of drug-likeness (QED) is 0.333. The number of hydrogen-bond acceptors (Lipinski definition) is 3. The van der Waals surface area contributed by atoms with Crippen LogP contribution in [0.5, 0.6) is 0 Å². The van der Waals surface area contributed by atoms with E-state index in [0.29, 0.717) is 54.1 Å². The third-order valence-corrected chi connectivity index (χ3v) is 12.7. The van der Waals surface area contributed by atoms with Gasteiger partial charge in [-0.3, -0.25) is 0 Å². The summed E-state index contributed by atoms with van der Waals surface area (Å²) in [6.45, 7) is 13.3. The van der Waals surface area contributed by atoms with Gasteiger partial charge in [-0.15, -0.1) is 0 Å². The topological polar surface area (TPSA) is 68.3 Å². The molecule has 210 valence electrons. The molecule has 4 heteroatoms. The maximum atomic E-state index is 11.1. The Balaban J connectivity index is 1.31.